The van der Waals surface area contributed by atoms with Gasteiger partial charge in [0.15, 0.2) is 5.78 Å². The first-order chi connectivity index (χ1) is 10.1. The van der Waals surface area contributed by atoms with Gasteiger partial charge >= 0.3 is 0 Å². The molecule has 2 aromatic heterocycles. The van der Waals surface area contributed by atoms with Crippen LogP contribution in [0, 0.1) is 0 Å². The van der Waals surface area contributed by atoms with Crippen LogP contribution in [0.2, 0.25) is 8.67 Å². The van der Waals surface area contributed by atoms with E-state index in [1.54, 1.807) is 12.3 Å². The Morgan fingerprint density at radius 2 is 2.14 bits per heavy atom. The molecule has 0 aliphatic rings. The lowest BCUT2D eigenvalue weighted by molar-refractivity contribution is 0.104. The monoisotopic (exact) mass is 339 g/mol. The van der Waals surface area contributed by atoms with Crippen molar-refractivity contribution in [3.8, 4) is 5.75 Å². The molecule has 3 nitrogen and oxygen atoms in total. The molecule has 2 heterocycles. The fourth-order valence-electron chi connectivity index (χ4n) is 2.25. The number of hydrogen-bond donors (Lipinski definition) is 1. The highest BCUT2D eigenvalue weighted by Crippen LogP contribution is 2.35. The minimum atomic E-state index is -0.165. The quantitative estimate of drug-likeness (QED) is 0.666. The van der Waals surface area contributed by atoms with Gasteiger partial charge in [-0.2, -0.15) is 0 Å². The third-order valence-corrected chi connectivity index (χ3v) is 4.60. The molecule has 0 aliphatic carbocycles. The van der Waals surface area contributed by atoms with E-state index in [0.717, 1.165) is 10.9 Å². The Balaban J connectivity index is 2.16. The first kappa shape index (κ1) is 14.4. The van der Waals surface area contributed by atoms with Crippen molar-refractivity contribution >= 4 is 51.2 Å². The number of fused-ring (bicyclic) bond motifs is 1. The van der Waals surface area contributed by atoms with Crippen molar-refractivity contribution in [2.24, 2.45) is 0 Å². The molecule has 0 atom stereocenters. The zero-order valence-electron chi connectivity index (χ0n) is 11.1. The molecule has 6 heteroatoms. The molecular formula is C15H11Cl2NO2S. The van der Waals surface area contributed by atoms with Gasteiger partial charge in [-0.3, -0.25) is 4.79 Å². The van der Waals surface area contributed by atoms with Crippen LogP contribution in [0.25, 0.3) is 10.9 Å². The van der Waals surface area contributed by atoms with Gasteiger partial charge in [0.25, 0.3) is 0 Å². The van der Waals surface area contributed by atoms with Crippen LogP contribution in [0.3, 0.4) is 0 Å². The van der Waals surface area contributed by atoms with Gasteiger partial charge < -0.3 is 9.72 Å². The Morgan fingerprint density at radius 1 is 1.33 bits per heavy atom. The van der Waals surface area contributed by atoms with E-state index in [0.29, 0.717) is 32.2 Å². The van der Waals surface area contributed by atoms with Crippen LogP contribution in [0.15, 0.2) is 30.5 Å². The maximum atomic E-state index is 12.7. The minimum absolute atomic E-state index is 0.165. The summed E-state index contributed by atoms with van der Waals surface area (Å²) in [4.78, 5) is 15.8. The van der Waals surface area contributed by atoms with E-state index in [4.69, 9.17) is 27.9 Å². The van der Waals surface area contributed by atoms with Gasteiger partial charge in [-0.05, 0) is 25.1 Å². The summed E-state index contributed by atoms with van der Waals surface area (Å²) in [6.07, 6.45) is 1.68. The van der Waals surface area contributed by atoms with E-state index in [2.05, 4.69) is 4.98 Å². The minimum Gasteiger partial charge on any atom is -0.493 e. The first-order valence-electron chi connectivity index (χ1n) is 6.34. The molecular weight excluding hydrogens is 329 g/mol. The van der Waals surface area contributed by atoms with E-state index < -0.39 is 0 Å². The van der Waals surface area contributed by atoms with Crippen molar-refractivity contribution in [3.05, 3.63) is 50.3 Å². The zero-order valence-corrected chi connectivity index (χ0v) is 13.4. The number of thiophene rings is 1. The average Bonchev–Trinajstić information content (AvgIpc) is 3.02. The fraction of sp³-hybridized carbons (Fsp3) is 0.133. The van der Waals surface area contributed by atoms with Crippen LogP contribution >= 0.6 is 34.5 Å². The molecule has 21 heavy (non-hydrogen) atoms. The molecule has 0 radical (unpaired) electrons. The summed E-state index contributed by atoms with van der Waals surface area (Å²) < 4.78 is 6.50. The SMILES string of the molecule is CCOc1cccc2[nH]cc(C(=O)c3cc(Cl)sc3Cl)c12. The molecule has 0 fully saturated rings. The number of aromatic nitrogens is 1. The average molecular weight is 340 g/mol. The Kier molecular flexibility index (Phi) is 3.93. The lowest BCUT2D eigenvalue weighted by Gasteiger charge is -2.06. The van der Waals surface area contributed by atoms with E-state index in [1.165, 1.54) is 11.3 Å². The van der Waals surface area contributed by atoms with Gasteiger partial charge in [-0.25, -0.2) is 0 Å². The third-order valence-electron chi connectivity index (χ3n) is 3.11. The number of nitrogens with one attached hydrogen (secondary N) is 1. The lowest BCUT2D eigenvalue weighted by atomic mass is 10.0. The second-order valence-electron chi connectivity index (χ2n) is 4.38. The molecule has 0 spiro atoms. The largest absolute Gasteiger partial charge is 0.493 e. The van der Waals surface area contributed by atoms with Crippen molar-refractivity contribution in [1.29, 1.82) is 0 Å². The molecule has 3 rings (SSSR count). The fourth-order valence-corrected chi connectivity index (χ4v) is 3.70. The predicted octanol–water partition coefficient (Wildman–Crippen LogP) is 5.17. The summed E-state index contributed by atoms with van der Waals surface area (Å²) in [6, 6.07) is 7.22. The van der Waals surface area contributed by atoms with Crippen molar-refractivity contribution in [3.63, 3.8) is 0 Å². The second-order valence-corrected chi connectivity index (χ2v) is 6.67. The van der Waals surface area contributed by atoms with Crippen molar-refractivity contribution in [2.75, 3.05) is 6.61 Å². The molecule has 3 aromatic rings. The number of hydrogen-bond acceptors (Lipinski definition) is 3. The number of ketones is 1. The van der Waals surface area contributed by atoms with Gasteiger partial charge in [0, 0.05) is 11.7 Å². The lowest BCUT2D eigenvalue weighted by Crippen LogP contribution is -2.00. The maximum Gasteiger partial charge on any atom is 0.197 e. The maximum absolute atomic E-state index is 12.7. The molecule has 0 saturated heterocycles. The van der Waals surface area contributed by atoms with Gasteiger partial charge in [0.05, 0.1) is 27.5 Å². The first-order valence-corrected chi connectivity index (χ1v) is 7.91. The molecule has 1 aromatic carbocycles. The summed E-state index contributed by atoms with van der Waals surface area (Å²) in [5.41, 5.74) is 1.80. The van der Waals surface area contributed by atoms with Gasteiger partial charge in [-0.1, -0.05) is 29.3 Å². The van der Waals surface area contributed by atoms with Gasteiger partial charge in [0.2, 0.25) is 0 Å². The van der Waals surface area contributed by atoms with Gasteiger partial charge in [0.1, 0.15) is 10.1 Å². The highest BCUT2D eigenvalue weighted by molar-refractivity contribution is 7.20. The number of H-pyrrole nitrogens is 1. The molecule has 0 unspecified atom stereocenters. The normalized spacial score (nSPS) is 11.0. The Bertz CT molecular complexity index is 822. The Morgan fingerprint density at radius 3 is 2.81 bits per heavy atom. The summed E-state index contributed by atoms with van der Waals surface area (Å²) in [6.45, 7) is 2.44. The van der Waals surface area contributed by atoms with Gasteiger partial charge in [-0.15, -0.1) is 11.3 Å². The summed E-state index contributed by atoms with van der Waals surface area (Å²) >= 11 is 13.2. The van der Waals surface area contributed by atoms with Crippen LogP contribution in [0.5, 0.6) is 5.75 Å². The number of carbonyl (C=O) groups is 1. The van der Waals surface area contributed by atoms with Crippen LogP contribution in [0.4, 0.5) is 0 Å². The van der Waals surface area contributed by atoms with E-state index in [9.17, 15) is 4.79 Å². The summed E-state index contributed by atoms with van der Waals surface area (Å²) in [5.74, 6) is 0.513. The molecule has 0 bridgehead atoms. The van der Waals surface area contributed by atoms with E-state index in [-0.39, 0.29) is 5.78 Å². The van der Waals surface area contributed by atoms with Crippen molar-refractivity contribution in [1.82, 2.24) is 4.98 Å². The van der Waals surface area contributed by atoms with Crippen LogP contribution in [-0.2, 0) is 0 Å². The molecule has 0 aliphatic heterocycles. The third kappa shape index (κ3) is 2.55. The van der Waals surface area contributed by atoms with Crippen molar-refractivity contribution in [2.45, 2.75) is 6.92 Å². The van der Waals surface area contributed by atoms with Crippen LogP contribution in [-0.4, -0.2) is 17.4 Å². The number of aromatic amines is 1. The Hall–Kier alpha value is -1.49. The molecule has 1 N–H and O–H groups in total. The highest BCUT2D eigenvalue weighted by Gasteiger charge is 2.21. The molecule has 0 amide bonds. The van der Waals surface area contributed by atoms with Crippen LogP contribution in [0.1, 0.15) is 22.8 Å². The second kappa shape index (κ2) is 5.72. The number of benzene rings is 1. The van der Waals surface area contributed by atoms with E-state index in [1.807, 2.05) is 25.1 Å². The number of ether oxygens (including phenoxy) is 1. The van der Waals surface area contributed by atoms with E-state index >= 15 is 0 Å². The number of halogens is 2. The summed E-state index contributed by atoms with van der Waals surface area (Å²) in [7, 11) is 0. The highest BCUT2D eigenvalue weighted by atomic mass is 35.5. The van der Waals surface area contributed by atoms with Crippen molar-refractivity contribution < 1.29 is 9.53 Å². The number of rotatable bonds is 4. The molecule has 108 valence electrons. The molecule has 0 saturated carbocycles. The smallest absolute Gasteiger partial charge is 0.197 e. The number of carbonyl (C=O) groups excluding carboxylic acids is 1. The zero-order chi connectivity index (χ0) is 15.0. The van der Waals surface area contributed by atoms with Crippen LogP contribution < -0.4 is 4.74 Å². The summed E-state index contributed by atoms with van der Waals surface area (Å²) in [5, 5.41) is 0.766. The topological polar surface area (TPSA) is 42.1 Å². The predicted molar refractivity (Wildman–Crippen MR) is 87.2 cm³/mol. The Labute approximate surface area is 135 Å². The standard InChI is InChI=1S/C15H11Cl2NO2S/c1-2-20-11-5-3-4-10-13(11)9(7-18-10)14(19)8-6-12(16)21-15(8)17/h3-7,18H,2H2,1H3.